The predicted molar refractivity (Wildman–Crippen MR) is 81.3 cm³/mol. The van der Waals surface area contributed by atoms with Crippen LogP contribution in [0.4, 0.5) is 5.69 Å². The number of para-hydroxylation sites is 1. The van der Waals surface area contributed by atoms with Gasteiger partial charge in [0.1, 0.15) is 0 Å². The third-order valence-corrected chi connectivity index (χ3v) is 3.94. The molecule has 0 bridgehead atoms. The van der Waals surface area contributed by atoms with E-state index in [1.54, 1.807) is 7.05 Å². The maximum absolute atomic E-state index is 12.8. The summed E-state index contributed by atoms with van der Waals surface area (Å²) in [4.78, 5) is 26.1. The summed E-state index contributed by atoms with van der Waals surface area (Å²) < 4.78 is 4.74. The van der Waals surface area contributed by atoms with Crippen molar-refractivity contribution in [2.24, 2.45) is 0 Å². The fourth-order valence-corrected chi connectivity index (χ4v) is 2.80. The lowest BCUT2D eigenvalue weighted by Gasteiger charge is -2.35. The molecule has 114 valence electrons. The maximum Gasteiger partial charge on any atom is 0.307 e. The molecule has 1 aromatic carbocycles. The van der Waals surface area contributed by atoms with Crippen LogP contribution < -0.4 is 5.32 Å². The van der Waals surface area contributed by atoms with Gasteiger partial charge in [-0.05, 0) is 31.4 Å². The van der Waals surface area contributed by atoms with Crippen molar-refractivity contribution in [3.05, 3.63) is 29.8 Å². The first-order valence-electron chi connectivity index (χ1n) is 7.32. The van der Waals surface area contributed by atoms with Crippen LogP contribution in [0.2, 0.25) is 0 Å². The molecule has 1 aliphatic heterocycles. The number of carbonyl (C=O) groups excluding carboxylic acids is 2. The standard InChI is InChI=1S/C16H22N2O3/c1-17-14-9-4-3-8-13(14)16(20)18-10-6-5-7-12(18)11-15(19)21-2/h3-4,8-9,12,17H,5-7,10-11H2,1-2H3. The van der Waals surface area contributed by atoms with E-state index in [1.807, 2.05) is 29.2 Å². The van der Waals surface area contributed by atoms with Crippen LogP contribution in [0, 0.1) is 0 Å². The number of rotatable bonds is 4. The average molecular weight is 290 g/mol. The van der Waals surface area contributed by atoms with Gasteiger partial charge in [0.15, 0.2) is 0 Å². The number of hydrogen-bond acceptors (Lipinski definition) is 4. The molecule has 21 heavy (non-hydrogen) atoms. The van der Waals surface area contributed by atoms with Gasteiger partial charge in [0, 0.05) is 25.3 Å². The van der Waals surface area contributed by atoms with E-state index >= 15 is 0 Å². The fraction of sp³-hybridized carbons (Fsp3) is 0.500. The molecule has 0 aliphatic carbocycles. The molecular weight excluding hydrogens is 268 g/mol. The minimum absolute atomic E-state index is 0.0199. The molecule has 5 nitrogen and oxygen atoms in total. The molecule has 1 aromatic rings. The molecule has 1 unspecified atom stereocenters. The number of piperidine rings is 1. The Morgan fingerprint density at radius 3 is 2.81 bits per heavy atom. The third-order valence-electron chi connectivity index (χ3n) is 3.94. The van der Waals surface area contributed by atoms with E-state index in [4.69, 9.17) is 4.74 Å². The smallest absolute Gasteiger partial charge is 0.307 e. The number of amides is 1. The summed E-state index contributed by atoms with van der Waals surface area (Å²) in [6.07, 6.45) is 3.14. The van der Waals surface area contributed by atoms with E-state index in [0.717, 1.165) is 24.9 Å². The highest BCUT2D eigenvalue weighted by Gasteiger charge is 2.30. The zero-order valence-corrected chi connectivity index (χ0v) is 12.6. The molecule has 0 aromatic heterocycles. The van der Waals surface area contributed by atoms with Gasteiger partial charge in [0.05, 0.1) is 19.1 Å². The molecule has 1 aliphatic rings. The zero-order chi connectivity index (χ0) is 15.2. The summed E-state index contributed by atoms with van der Waals surface area (Å²) in [5, 5.41) is 3.04. The summed E-state index contributed by atoms with van der Waals surface area (Å²) in [6, 6.07) is 7.38. The van der Waals surface area contributed by atoms with Crippen LogP contribution in [0.15, 0.2) is 24.3 Å². The highest BCUT2D eigenvalue weighted by Crippen LogP contribution is 2.25. The van der Waals surface area contributed by atoms with Crippen molar-refractivity contribution in [2.75, 3.05) is 26.0 Å². The Balaban J connectivity index is 2.20. The van der Waals surface area contributed by atoms with Gasteiger partial charge in [-0.25, -0.2) is 0 Å². The Morgan fingerprint density at radius 1 is 1.33 bits per heavy atom. The molecule has 1 atom stereocenters. The largest absolute Gasteiger partial charge is 0.469 e. The molecular formula is C16H22N2O3. The number of carbonyl (C=O) groups is 2. The lowest BCUT2D eigenvalue weighted by atomic mass is 9.98. The molecule has 0 spiro atoms. The van der Waals surface area contributed by atoms with Gasteiger partial charge in [-0.15, -0.1) is 0 Å². The molecule has 1 fully saturated rings. The van der Waals surface area contributed by atoms with Crippen molar-refractivity contribution in [3.8, 4) is 0 Å². The SMILES string of the molecule is CNc1ccccc1C(=O)N1CCCCC1CC(=O)OC. The minimum atomic E-state index is -0.262. The number of ether oxygens (including phenoxy) is 1. The molecule has 1 heterocycles. The van der Waals surface area contributed by atoms with Gasteiger partial charge in [-0.2, -0.15) is 0 Å². The van der Waals surface area contributed by atoms with Crippen LogP contribution in [0.25, 0.3) is 0 Å². The topological polar surface area (TPSA) is 58.6 Å². The molecule has 2 rings (SSSR count). The highest BCUT2D eigenvalue weighted by molar-refractivity contribution is 6.00. The van der Waals surface area contributed by atoms with Gasteiger partial charge in [0.2, 0.25) is 0 Å². The van der Waals surface area contributed by atoms with E-state index in [9.17, 15) is 9.59 Å². The van der Waals surface area contributed by atoms with Crippen molar-refractivity contribution in [2.45, 2.75) is 31.7 Å². The average Bonchev–Trinajstić information content (AvgIpc) is 2.54. The second kappa shape index (κ2) is 7.11. The van der Waals surface area contributed by atoms with Crippen LogP contribution in [0.1, 0.15) is 36.0 Å². The van der Waals surface area contributed by atoms with Crippen LogP contribution >= 0.6 is 0 Å². The Bertz CT molecular complexity index is 516. The number of anilines is 1. The van der Waals surface area contributed by atoms with E-state index in [0.29, 0.717) is 12.1 Å². The fourth-order valence-electron chi connectivity index (χ4n) is 2.80. The summed E-state index contributed by atoms with van der Waals surface area (Å²) in [6.45, 7) is 0.693. The Kier molecular flexibility index (Phi) is 5.20. The number of likely N-dealkylation sites (tertiary alicyclic amines) is 1. The summed E-state index contributed by atoms with van der Waals surface area (Å²) in [5.41, 5.74) is 1.46. The third kappa shape index (κ3) is 3.54. The van der Waals surface area contributed by atoms with Crippen LogP contribution in [-0.2, 0) is 9.53 Å². The van der Waals surface area contributed by atoms with Crippen LogP contribution in [0.5, 0.6) is 0 Å². The number of nitrogens with one attached hydrogen (secondary N) is 1. The second-order valence-corrected chi connectivity index (χ2v) is 5.22. The molecule has 5 heteroatoms. The van der Waals surface area contributed by atoms with Crippen LogP contribution in [-0.4, -0.2) is 43.5 Å². The lowest BCUT2D eigenvalue weighted by Crippen LogP contribution is -2.45. The van der Waals surface area contributed by atoms with Gasteiger partial charge in [-0.1, -0.05) is 12.1 Å². The number of benzene rings is 1. The van der Waals surface area contributed by atoms with Crippen molar-refractivity contribution in [1.29, 1.82) is 0 Å². The number of hydrogen-bond donors (Lipinski definition) is 1. The van der Waals surface area contributed by atoms with Crippen molar-refractivity contribution in [1.82, 2.24) is 4.90 Å². The van der Waals surface area contributed by atoms with E-state index < -0.39 is 0 Å². The minimum Gasteiger partial charge on any atom is -0.469 e. The van der Waals surface area contributed by atoms with E-state index in [1.165, 1.54) is 7.11 Å². The lowest BCUT2D eigenvalue weighted by molar-refractivity contribution is -0.142. The van der Waals surface area contributed by atoms with Gasteiger partial charge in [-0.3, -0.25) is 9.59 Å². The quantitative estimate of drug-likeness (QED) is 0.864. The Morgan fingerprint density at radius 2 is 2.10 bits per heavy atom. The first-order chi connectivity index (χ1) is 10.2. The normalized spacial score (nSPS) is 18.2. The van der Waals surface area contributed by atoms with E-state index in [2.05, 4.69) is 5.32 Å². The molecule has 0 saturated carbocycles. The van der Waals surface area contributed by atoms with Gasteiger partial charge < -0.3 is 15.0 Å². The van der Waals surface area contributed by atoms with Crippen molar-refractivity contribution >= 4 is 17.6 Å². The molecule has 1 N–H and O–H groups in total. The number of esters is 1. The first kappa shape index (κ1) is 15.4. The second-order valence-electron chi connectivity index (χ2n) is 5.22. The Hall–Kier alpha value is -2.04. The zero-order valence-electron chi connectivity index (χ0n) is 12.6. The van der Waals surface area contributed by atoms with Crippen molar-refractivity contribution in [3.63, 3.8) is 0 Å². The van der Waals surface area contributed by atoms with Crippen molar-refractivity contribution < 1.29 is 14.3 Å². The first-order valence-corrected chi connectivity index (χ1v) is 7.32. The maximum atomic E-state index is 12.8. The molecule has 1 amide bonds. The Labute approximate surface area is 125 Å². The summed E-state index contributed by atoms with van der Waals surface area (Å²) in [5.74, 6) is -0.282. The van der Waals surface area contributed by atoms with E-state index in [-0.39, 0.29) is 24.3 Å². The molecule has 0 radical (unpaired) electrons. The number of nitrogens with zero attached hydrogens (tertiary/aromatic N) is 1. The summed E-state index contributed by atoms with van der Waals surface area (Å²) >= 11 is 0. The summed E-state index contributed by atoms with van der Waals surface area (Å²) in [7, 11) is 3.18. The van der Waals surface area contributed by atoms with Gasteiger partial charge >= 0.3 is 5.97 Å². The highest BCUT2D eigenvalue weighted by atomic mass is 16.5. The predicted octanol–water partition coefficient (Wildman–Crippen LogP) is 2.29. The monoisotopic (exact) mass is 290 g/mol. The van der Waals surface area contributed by atoms with Crippen LogP contribution in [0.3, 0.4) is 0 Å². The molecule has 1 saturated heterocycles. The van der Waals surface area contributed by atoms with Gasteiger partial charge in [0.25, 0.3) is 5.91 Å². The number of methoxy groups -OCH3 is 1.